The van der Waals surface area contributed by atoms with Crippen molar-refractivity contribution < 1.29 is 0 Å². The summed E-state index contributed by atoms with van der Waals surface area (Å²) in [6.07, 6.45) is 3.79. The molecule has 0 aromatic heterocycles. The van der Waals surface area contributed by atoms with E-state index in [4.69, 9.17) is 23.2 Å². The number of fused-ring (bicyclic) bond motifs is 1. The normalized spacial score (nSPS) is 27.6. The maximum atomic E-state index is 6.38. The van der Waals surface area contributed by atoms with Crippen LogP contribution in [-0.2, 0) is 0 Å². The van der Waals surface area contributed by atoms with Gasteiger partial charge in [0.05, 0.1) is 10.7 Å². The Kier molecular flexibility index (Phi) is 3.93. The Morgan fingerprint density at radius 3 is 2.89 bits per heavy atom. The summed E-state index contributed by atoms with van der Waals surface area (Å²) < 4.78 is 0. The Bertz CT molecular complexity index is 463. The van der Waals surface area contributed by atoms with Crippen LogP contribution in [-0.4, -0.2) is 36.6 Å². The number of nitrogens with zero attached hydrogens (tertiary/aromatic N) is 2. The lowest BCUT2D eigenvalue weighted by atomic mass is 10.0. The van der Waals surface area contributed by atoms with Gasteiger partial charge in [0.25, 0.3) is 0 Å². The minimum absolute atomic E-state index is 0.547. The van der Waals surface area contributed by atoms with Gasteiger partial charge in [-0.2, -0.15) is 0 Å². The molecular formula is C15H20Cl2N2. The van der Waals surface area contributed by atoms with Crippen LogP contribution in [0.2, 0.25) is 10.0 Å². The molecule has 4 heteroatoms. The molecule has 2 aliphatic heterocycles. The van der Waals surface area contributed by atoms with Crippen LogP contribution < -0.4 is 4.90 Å². The van der Waals surface area contributed by atoms with Crippen LogP contribution in [0.1, 0.15) is 26.2 Å². The quantitative estimate of drug-likeness (QED) is 0.812. The first-order chi connectivity index (χ1) is 9.19. The molecule has 2 nitrogen and oxygen atoms in total. The zero-order valence-corrected chi connectivity index (χ0v) is 12.8. The second-order valence-electron chi connectivity index (χ2n) is 5.60. The Labute approximate surface area is 125 Å². The maximum absolute atomic E-state index is 6.38. The predicted molar refractivity (Wildman–Crippen MR) is 82.5 cm³/mol. The van der Waals surface area contributed by atoms with E-state index in [-0.39, 0.29) is 0 Å². The second kappa shape index (κ2) is 5.51. The monoisotopic (exact) mass is 298 g/mol. The zero-order chi connectivity index (χ0) is 13.4. The second-order valence-corrected chi connectivity index (χ2v) is 6.44. The number of piperazine rings is 1. The van der Waals surface area contributed by atoms with Gasteiger partial charge in [-0.1, -0.05) is 30.1 Å². The minimum atomic E-state index is 0.547. The first-order valence-electron chi connectivity index (χ1n) is 7.14. The van der Waals surface area contributed by atoms with E-state index in [1.807, 2.05) is 18.2 Å². The number of hydrogen-bond acceptors (Lipinski definition) is 2. The Balaban J connectivity index is 1.90. The molecule has 0 spiro atoms. The van der Waals surface area contributed by atoms with Gasteiger partial charge in [-0.3, -0.25) is 4.90 Å². The molecule has 0 saturated carbocycles. The number of anilines is 1. The van der Waals surface area contributed by atoms with Crippen LogP contribution in [0.4, 0.5) is 5.69 Å². The van der Waals surface area contributed by atoms with Gasteiger partial charge < -0.3 is 4.90 Å². The summed E-state index contributed by atoms with van der Waals surface area (Å²) >= 11 is 12.5. The van der Waals surface area contributed by atoms with Crippen molar-refractivity contribution in [3.8, 4) is 0 Å². The molecule has 2 atom stereocenters. The summed E-state index contributed by atoms with van der Waals surface area (Å²) in [6, 6.07) is 7.02. The highest BCUT2D eigenvalue weighted by Gasteiger charge is 2.36. The van der Waals surface area contributed by atoms with Gasteiger partial charge in [-0.05, 0) is 44.0 Å². The van der Waals surface area contributed by atoms with E-state index in [1.54, 1.807) is 0 Å². The maximum Gasteiger partial charge on any atom is 0.0640 e. The summed E-state index contributed by atoms with van der Waals surface area (Å²) in [5.74, 6) is 0. The predicted octanol–water partition coefficient (Wildman–Crippen LogP) is 4.06. The molecule has 0 amide bonds. The minimum Gasteiger partial charge on any atom is -0.364 e. The molecule has 2 heterocycles. The van der Waals surface area contributed by atoms with Crippen LogP contribution in [0, 0.1) is 0 Å². The fourth-order valence-corrected chi connectivity index (χ4v) is 3.83. The number of rotatable bonds is 2. The molecule has 1 aromatic carbocycles. The molecule has 104 valence electrons. The summed E-state index contributed by atoms with van der Waals surface area (Å²) in [5, 5.41) is 1.58. The fraction of sp³-hybridized carbons (Fsp3) is 0.600. The molecule has 2 saturated heterocycles. The van der Waals surface area contributed by atoms with Crippen molar-refractivity contribution in [2.75, 3.05) is 24.5 Å². The average molecular weight is 299 g/mol. The lowest BCUT2D eigenvalue weighted by Crippen LogP contribution is -2.56. The SMILES string of the molecule is CCC1CN2CCCC2CN1c1cc(Cl)ccc1Cl. The summed E-state index contributed by atoms with van der Waals surface area (Å²) in [6.45, 7) is 5.76. The largest absolute Gasteiger partial charge is 0.364 e. The van der Waals surface area contributed by atoms with Crippen LogP contribution >= 0.6 is 23.2 Å². The van der Waals surface area contributed by atoms with Crippen LogP contribution in [0.15, 0.2) is 18.2 Å². The fourth-order valence-electron chi connectivity index (χ4n) is 3.44. The van der Waals surface area contributed by atoms with E-state index in [2.05, 4.69) is 16.7 Å². The molecule has 2 aliphatic rings. The molecule has 0 aliphatic carbocycles. The highest BCUT2D eigenvalue weighted by atomic mass is 35.5. The third-order valence-electron chi connectivity index (χ3n) is 4.48. The van der Waals surface area contributed by atoms with Crippen molar-refractivity contribution in [3.63, 3.8) is 0 Å². The lowest BCUT2D eigenvalue weighted by molar-refractivity contribution is 0.195. The van der Waals surface area contributed by atoms with E-state index >= 15 is 0 Å². The van der Waals surface area contributed by atoms with Gasteiger partial charge in [-0.25, -0.2) is 0 Å². The van der Waals surface area contributed by atoms with Crippen molar-refractivity contribution in [1.29, 1.82) is 0 Å². The molecule has 19 heavy (non-hydrogen) atoms. The highest BCUT2D eigenvalue weighted by Crippen LogP contribution is 2.35. The summed E-state index contributed by atoms with van der Waals surface area (Å²) in [7, 11) is 0. The van der Waals surface area contributed by atoms with Crippen molar-refractivity contribution in [2.45, 2.75) is 38.3 Å². The van der Waals surface area contributed by atoms with Gasteiger partial charge >= 0.3 is 0 Å². The van der Waals surface area contributed by atoms with Crippen molar-refractivity contribution in [1.82, 2.24) is 4.90 Å². The van der Waals surface area contributed by atoms with Crippen LogP contribution in [0.25, 0.3) is 0 Å². The topological polar surface area (TPSA) is 6.48 Å². The van der Waals surface area contributed by atoms with E-state index in [0.717, 1.165) is 35.2 Å². The Morgan fingerprint density at radius 1 is 1.26 bits per heavy atom. The van der Waals surface area contributed by atoms with Crippen LogP contribution in [0.3, 0.4) is 0 Å². The smallest absolute Gasteiger partial charge is 0.0640 e. The lowest BCUT2D eigenvalue weighted by Gasteiger charge is -2.45. The van der Waals surface area contributed by atoms with Gasteiger partial charge in [0.15, 0.2) is 0 Å². The van der Waals surface area contributed by atoms with Crippen molar-refractivity contribution >= 4 is 28.9 Å². The molecule has 1 aromatic rings. The number of benzene rings is 1. The third-order valence-corrected chi connectivity index (χ3v) is 5.04. The zero-order valence-electron chi connectivity index (χ0n) is 11.3. The molecule has 0 radical (unpaired) electrons. The van der Waals surface area contributed by atoms with Gasteiger partial charge in [0, 0.05) is 30.2 Å². The molecular weight excluding hydrogens is 279 g/mol. The Hall–Kier alpha value is -0.440. The standard InChI is InChI=1S/C15H20Cl2N2/c1-2-12-9-18-7-3-4-13(18)10-19(12)15-8-11(16)5-6-14(15)17/h5-6,8,12-13H,2-4,7,9-10H2,1H3. The van der Waals surface area contributed by atoms with Crippen LogP contribution in [0.5, 0.6) is 0 Å². The third kappa shape index (κ3) is 2.58. The average Bonchev–Trinajstić information content (AvgIpc) is 2.87. The molecule has 0 bridgehead atoms. The highest BCUT2D eigenvalue weighted by molar-refractivity contribution is 6.35. The summed E-state index contributed by atoms with van der Waals surface area (Å²) in [5.41, 5.74) is 1.10. The molecule has 0 N–H and O–H groups in total. The van der Waals surface area contributed by atoms with E-state index < -0.39 is 0 Å². The Morgan fingerprint density at radius 2 is 2.11 bits per heavy atom. The summed E-state index contributed by atoms with van der Waals surface area (Å²) in [4.78, 5) is 5.11. The van der Waals surface area contributed by atoms with E-state index in [9.17, 15) is 0 Å². The molecule has 3 rings (SSSR count). The molecule has 2 unspecified atom stereocenters. The van der Waals surface area contributed by atoms with E-state index in [1.165, 1.54) is 19.4 Å². The number of halogens is 2. The van der Waals surface area contributed by atoms with E-state index in [0.29, 0.717) is 12.1 Å². The molecule has 2 fully saturated rings. The van der Waals surface area contributed by atoms with Gasteiger partial charge in [0.1, 0.15) is 0 Å². The van der Waals surface area contributed by atoms with Crippen molar-refractivity contribution in [3.05, 3.63) is 28.2 Å². The first kappa shape index (κ1) is 13.5. The first-order valence-corrected chi connectivity index (χ1v) is 7.90. The van der Waals surface area contributed by atoms with Gasteiger partial charge in [-0.15, -0.1) is 0 Å². The van der Waals surface area contributed by atoms with Crippen molar-refractivity contribution in [2.24, 2.45) is 0 Å². The number of hydrogen-bond donors (Lipinski definition) is 0. The van der Waals surface area contributed by atoms with Gasteiger partial charge in [0.2, 0.25) is 0 Å².